The Hall–Kier alpha value is -2.10. The molecule has 0 aliphatic heterocycles. The maximum Gasteiger partial charge on any atom is 0.416 e. The number of aromatic amines is 1. The largest absolute Gasteiger partial charge is 0.416 e. The van der Waals surface area contributed by atoms with Crippen molar-refractivity contribution >= 4 is 32.5 Å². The molecule has 120 valence electrons. The lowest BCUT2D eigenvalue weighted by molar-refractivity contribution is -0.137. The van der Waals surface area contributed by atoms with E-state index in [-0.39, 0.29) is 16.7 Å². The summed E-state index contributed by atoms with van der Waals surface area (Å²) in [7, 11) is -3.62. The van der Waals surface area contributed by atoms with Crippen LogP contribution in [0.2, 0.25) is 0 Å². The van der Waals surface area contributed by atoms with Crippen molar-refractivity contribution in [2.45, 2.75) is 18.3 Å². The average molecular weight is 335 g/mol. The third kappa shape index (κ3) is 3.21. The lowest BCUT2D eigenvalue weighted by atomic mass is 10.1. The molecule has 0 radical (unpaired) electrons. The molecule has 0 bridgehead atoms. The van der Waals surface area contributed by atoms with Crippen molar-refractivity contribution in [1.29, 1.82) is 0 Å². The van der Waals surface area contributed by atoms with Gasteiger partial charge >= 0.3 is 6.18 Å². The van der Waals surface area contributed by atoms with E-state index in [1.54, 1.807) is 0 Å². The minimum absolute atomic E-state index is 0.0453. The van der Waals surface area contributed by atoms with E-state index in [1.807, 2.05) is 0 Å². The third-order valence-corrected chi connectivity index (χ3v) is 4.64. The van der Waals surface area contributed by atoms with Crippen molar-refractivity contribution < 1.29 is 26.4 Å². The summed E-state index contributed by atoms with van der Waals surface area (Å²) in [6.45, 7) is 1.18. The van der Waals surface area contributed by atoms with Crippen LogP contribution in [0.25, 0.3) is 10.9 Å². The fraction of sp³-hybridized carbons (Fsp3) is 0.333. The van der Waals surface area contributed by atoms with Crippen LogP contribution in [0.1, 0.15) is 12.5 Å². The third-order valence-electron chi connectivity index (χ3n) is 3.14. The zero-order valence-corrected chi connectivity index (χ0v) is 12.3. The number of rotatable bonds is 3. The van der Waals surface area contributed by atoms with Crippen LogP contribution in [0.15, 0.2) is 18.2 Å². The van der Waals surface area contributed by atoms with E-state index < -0.39 is 32.7 Å². The minimum Gasteiger partial charge on any atom is -0.308 e. The summed E-state index contributed by atoms with van der Waals surface area (Å²) >= 11 is 0. The van der Waals surface area contributed by atoms with Gasteiger partial charge in [0.1, 0.15) is 5.25 Å². The SMILES string of the molecule is C[C@@H](C(=O)Nc1n[nH]c2ccc(C(F)(F)F)cc12)S(C)(=O)=O. The highest BCUT2D eigenvalue weighted by molar-refractivity contribution is 7.92. The second-order valence-electron chi connectivity index (χ2n) is 4.79. The number of carbonyl (C=O) groups excluding carboxylic acids is 1. The summed E-state index contributed by atoms with van der Waals surface area (Å²) in [5.74, 6) is -1.02. The van der Waals surface area contributed by atoms with E-state index in [4.69, 9.17) is 0 Å². The van der Waals surface area contributed by atoms with Gasteiger partial charge in [-0.3, -0.25) is 9.89 Å². The fourth-order valence-electron chi connectivity index (χ4n) is 1.70. The molecule has 0 saturated heterocycles. The van der Waals surface area contributed by atoms with Crippen molar-refractivity contribution in [3.8, 4) is 0 Å². The van der Waals surface area contributed by atoms with Gasteiger partial charge in [0.2, 0.25) is 5.91 Å². The maximum absolute atomic E-state index is 12.7. The Morgan fingerprint density at radius 1 is 1.36 bits per heavy atom. The van der Waals surface area contributed by atoms with Crippen molar-refractivity contribution in [2.75, 3.05) is 11.6 Å². The molecule has 0 saturated carbocycles. The summed E-state index contributed by atoms with van der Waals surface area (Å²) in [6.07, 6.45) is -3.64. The Morgan fingerprint density at radius 2 is 2.00 bits per heavy atom. The molecule has 2 rings (SSSR count). The molecule has 0 unspecified atom stereocenters. The molecule has 6 nitrogen and oxygen atoms in total. The highest BCUT2D eigenvalue weighted by atomic mass is 32.2. The fourth-order valence-corrected chi connectivity index (χ4v) is 2.15. The van der Waals surface area contributed by atoms with Gasteiger partial charge in [-0.1, -0.05) is 0 Å². The Balaban J connectivity index is 2.38. The van der Waals surface area contributed by atoms with Gasteiger partial charge in [0.05, 0.1) is 11.1 Å². The lowest BCUT2D eigenvalue weighted by Crippen LogP contribution is -2.31. The number of anilines is 1. The first-order chi connectivity index (χ1) is 10.00. The highest BCUT2D eigenvalue weighted by Crippen LogP contribution is 2.32. The van der Waals surface area contributed by atoms with E-state index in [9.17, 15) is 26.4 Å². The zero-order valence-electron chi connectivity index (χ0n) is 11.5. The van der Waals surface area contributed by atoms with Crippen LogP contribution in [0.3, 0.4) is 0 Å². The standard InChI is InChI=1S/C12H12F3N3O3S/c1-6(22(2,20)21)11(19)16-10-8-5-7(12(13,14)15)3-4-9(8)17-18-10/h3-6H,1-2H3,(H2,16,17,18,19)/t6-/m0/s1. The average Bonchev–Trinajstić information content (AvgIpc) is 2.78. The number of halogens is 3. The number of H-pyrrole nitrogens is 1. The Kier molecular flexibility index (Phi) is 3.90. The normalized spacial score (nSPS) is 14.0. The lowest BCUT2D eigenvalue weighted by Gasteiger charge is -2.09. The Labute approximate surface area is 123 Å². The summed E-state index contributed by atoms with van der Waals surface area (Å²) < 4.78 is 60.7. The Bertz CT molecular complexity index is 827. The zero-order chi connectivity index (χ0) is 16.7. The van der Waals surface area contributed by atoms with E-state index in [2.05, 4.69) is 15.5 Å². The van der Waals surface area contributed by atoms with Gasteiger partial charge in [0.15, 0.2) is 15.7 Å². The molecule has 2 aromatic rings. The Morgan fingerprint density at radius 3 is 2.55 bits per heavy atom. The number of nitrogens with one attached hydrogen (secondary N) is 2. The van der Waals surface area contributed by atoms with Crippen LogP contribution < -0.4 is 5.32 Å². The molecule has 0 fully saturated rings. The number of aromatic nitrogens is 2. The van der Waals surface area contributed by atoms with Crippen molar-refractivity contribution in [3.63, 3.8) is 0 Å². The molecule has 1 aromatic carbocycles. The number of hydrogen-bond donors (Lipinski definition) is 2. The minimum atomic E-state index is -4.53. The van der Waals surface area contributed by atoms with Gasteiger partial charge in [-0.05, 0) is 25.1 Å². The number of alkyl halides is 3. The number of hydrogen-bond acceptors (Lipinski definition) is 4. The number of amides is 1. The quantitative estimate of drug-likeness (QED) is 0.897. The second kappa shape index (κ2) is 5.27. The molecule has 1 heterocycles. The van der Waals surface area contributed by atoms with Crippen molar-refractivity contribution in [1.82, 2.24) is 10.2 Å². The highest BCUT2D eigenvalue weighted by Gasteiger charge is 2.31. The molecule has 10 heteroatoms. The predicted octanol–water partition coefficient (Wildman–Crippen LogP) is 1.95. The first-order valence-corrected chi connectivity index (χ1v) is 8.00. The summed E-state index contributed by atoms with van der Waals surface area (Å²) in [4.78, 5) is 11.8. The van der Waals surface area contributed by atoms with Crippen LogP contribution in [0, 0.1) is 0 Å². The van der Waals surface area contributed by atoms with Gasteiger partial charge in [-0.25, -0.2) is 8.42 Å². The molecule has 22 heavy (non-hydrogen) atoms. The number of fused-ring (bicyclic) bond motifs is 1. The molecular formula is C12H12F3N3O3S. The van der Waals surface area contributed by atoms with Crippen LogP contribution in [0.4, 0.5) is 19.0 Å². The summed E-state index contributed by atoms with van der Waals surface area (Å²) in [5, 5.41) is 7.10. The summed E-state index contributed by atoms with van der Waals surface area (Å²) in [6, 6.07) is 2.89. The molecule has 1 aromatic heterocycles. The molecule has 0 aliphatic rings. The predicted molar refractivity (Wildman–Crippen MR) is 74.0 cm³/mol. The molecule has 0 spiro atoms. The number of benzene rings is 1. The summed E-state index contributed by atoms with van der Waals surface area (Å²) in [5.41, 5.74) is -0.608. The van der Waals surface area contributed by atoms with Crippen LogP contribution in [0.5, 0.6) is 0 Å². The van der Waals surface area contributed by atoms with Gasteiger partial charge in [-0.2, -0.15) is 18.3 Å². The molecule has 1 amide bonds. The number of nitrogens with zero attached hydrogens (tertiary/aromatic N) is 1. The second-order valence-corrected chi connectivity index (χ2v) is 7.16. The van der Waals surface area contributed by atoms with Crippen LogP contribution in [-0.2, 0) is 20.8 Å². The van der Waals surface area contributed by atoms with Gasteiger partial charge in [0.25, 0.3) is 0 Å². The topological polar surface area (TPSA) is 91.9 Å². The van der Waals surface area contributed by atoms with E-state index >= 15 is 0 Å². The number of sulfone groups is 1. The van der Waals surface area contributed by atoms with Gasteiger partial charge in [0, 0.05) is 11.6 Å². The first-order valence-electron chi connectivity index (χ1n) is 6.05. The van der Waals surface area contributed by atoms with Crippen molar-refractivity contribution in [2.24, 2.45) is 0 Å². The smallest absolute Gasteiger partial charge is 0.308 e. The first kappa shape index (κ1) is 16.3. The molecule has 2 N–H and O–H groups in total. The van der Waals surface area contributed by atoms with E-state index in [0.717, 1.165) is 18.4 Å². The van der Waals surface area contributed by atoms with E-state index in [0.29, 0.717) is 0 Å². The molecule has 1 atom stereocenters. The monoisotopic (exact) mass is 335 g/mol. The molecular weight excluding hydrogens is 323 g/mol. The van der Waals surface area contributed by atoms with Gasteiger partial charge in [-0.15, -0.1) is 0 Å². The number of carbonyl (C=O) groups is 1. The maximum atomic E-state index is 12.7. The molecule has 0 aliphatic carbocycles. The van der Waals surface area contributed by atoms with Gasteiger partial charge < -0.3 is 5.32 Å². The van der Waals surface area contributed by atoms with E-state index in [1.165, 1.54) is 13.0 Å². The van der Waals surface area contributed by atoms with Crippen molar-refractivity contribution in [3.05, 3.63) is 23.8 Å². The van der Waals surface area contributed by atoms with Crippen LogP contribution in [-0.4, -0.2) is 36.0 Å². The van der Waals surface area contributed by atoms with Crippen LogP contribution >= 0.6 is 0 Å².